The molecule has 6 heavy (non-hydrogen) atoms. The average molecular weight is 208 g/mol. The van der Waals surface area contributed by atoms with Gasteiger partial charge in [0.15, 0.2) is 0 Å². The fourth-order valence-electron chi connectivity index (χ4n) is 0. The van der Waals surface area contributed by atoms with Crippen molar-refractivity contribution in [3.8, 4) is 0 Å². The van der Waals surface area contributed by atoms with Gasteiger partial charge >= 0.3 is 35.9 Å². The van der Waals surface area contributed by atoms with E-state index in [0.29, 0.717) is 0 Å². The van der Waals surface area contributed by atoms with E-state index in [1.807, 2.05) is 0 Å². The fraction of sp³-hybridized carbons (Fsp3) is 0. The number of hydrogen-bond donors (Lipinski definition) is 0. The average Bonchev–Trinajstić information content (AvgIpc) is 0. The smallest absolute Gasteiger partial charge is 2.00 e. The Kier molecular flexibility index (Phi) is 974. The van der Waals surface area contributed by atoms with Crippen molar-refractivity contribution < 1.29 is 80.4 Å². The molecule has 0 saturated carbocycles. The van der Waals surface area contributed by atoms with Gasteiger partial charge in [-0.3, -0.25) is 0 Å². The van der Waals surface area contributed by atoms with Gasteiger partial charge in [-0.2, -0.15) is 0 Å². The third-order valence-electron chi connectivity index (χ3n) is 0. The molecule has 2 nitrogen and oxygen atoms in total. The first kappa shape index (κ1) is 95.2. The van der Waals surface area contributed by atoms with E-state index in [-0.39, 0.29) is 80.4 Å². The summed E-state index contributed by atoms with van der Waals surface area (Å²) >= 11 is 0. The molecule has 0 unspecified atom stereocenters. The van der Waals surface area contributed by atoms with Gasteiger partial charge in [-0.15, -0.1) is 0 Å². The van der Waals surface area contributed by atoms with Crippen LogP contribution in [0.2, 0.25) is 0 Å². The standard InChI is InChI=1S/Fe.Li.Mn.Ni.2O/q+3;+1;;;2*-2. The zero-order valence-electron chi connectivity index (χ0n) is 2.86. The Morgan fingerprint density at radius 3 is 0.833 bits per heavy atom. The molecule has 6 heteroatoms. The van der Waals surface area contributed by atoms with Crippen LogP contribution in [0.1, 0.15) is 0 Å². The Morgan fingerprint density at radius 1 is 0.833 bits per heavy atom. The van der Waals surface area contributed by atoms with Gasteiger partial charge in [-0.1, -0.05) is 0 Å². The predicted molar refractivity (Wildman–Crippen MR) is 1.37 cm³/mol. The van der Waals surface area contributed by atoms with Crippen molar-refractivity contribution in [3.05, 3.63) is 0 Å². The molecule has 0 N–H and O–H groups in total. The zero-order valence-corrected chi connectivity index (χ0v) is 6.14. The van der Waals surface area contributed by atoms with Crippen LogP contribution >= 0.6 is 0 Å². The van der Waals surface area contributed by atoms with Gasteiger partial charge in [0.2, 0.25) is 0 Å². The van der Waals surface area contributed by atoms with Crippen LogP contribution < -0.4 is 18.9 Å². The van der Waals surface area contributed by atoms with Gasteiger partial charge < -0.3 is 11.0 Å². The first-order valence-electron chi connectivity index (χ1n) is 0. The maximum Gasteiger partial charge on any atom is 3.00 e. The molecule has 0 spiro atoms. The molecule has 0 heterocycles. The van der Waals surface area contributed by atoms with Crippen LogP contribution in [-0.2, 0) is 61.6 Å². The molecule has 0 amide bonds. The minimum Gasteiger partial charge on any atom is -2.00 e. The second kappa shape index (κ2) is 61.4. The molecule has 0 rings (SSSR count). The van der Waals surface area contributed by atoms with Gasteiger partial charge in [-0.05, 0) is 0 Å². The van der Waals surface area contributed by atoms with Gasteiger partial charge in [0.05, 0.1) is 0 Å². The van der Waals surface area contributed by atoms with E-state index in [9.17, 15) is 0 Å². The van der Waals surface area contributed by atoms with Gasteiger partial charge in [-0.25, -0.2) is 0 Å². The molecule has 0 aromatic carbocycles. The molecule has 38 valence electrons. The molecule has 0 atom stereocenters. The second-order valence-corrected chi connectivity index (χ2v) is 0. The van der Waals surface area contributed by atoms with E-state index < -0.39 is 0 Å². The van der Waals surface area contributed by atoms with Crippen LogP contribution in [0.15, 0.2) is 0 Å². The van der Waals surface area contributed by atoms with Crippen LogP contribution in [0.3, 0.4) is 0 Å². The summed E-state index contributed by atoms with van der Waals surface area (Å²) in [6, 6.07) is 0. The monoisotopic (exact) mass is 208 g/mol. The van der Waals surface area contributed by atoms with Crippen molar-refractivity contribution in [1.82, 2.24) is 0 Å². The summed E-state index contributed by atoms with van der Waals surface area (Å²) in [5.41, 5.74) is 0. The van der Waals surface area contributed by atoms with Crippen LogP contribution in [0, 0.1) is 0 Å². The van der Waals surface area contributed by atoms with Crippen LogP contribution in [0.25, 0.3) is 0 Å². The Hall–Kier alpha value is 2.05. The summed E-state index contributed by atoms with van der Waals surface area (Å²) < 4.78 is 0. The third kappa shape index (κ3) is 36.7. The van der Waals surface area contributed by atoms with Crippen molar-refractivity contribution >= 4 is 0 Å². The molecule has 0 aliphatic carbocycles. The third-order valence-corrected chi connectivity index (χ3v) is 0. The SMILES string of the molecule is [Fe+3].[Li+].[Mn].[Ni].[O-2].[O-2]. The summed E-state index contributed by atoms with van der Waals surface area (Å²) in [7, 11) is 0. The minimum absolute atomic E-state index is 0. The summed E-state index contributed by atoms with van der Waals surface area (Å²) in [6.45, 7) is 0. The van der Waals surface area contributed by atoms with Gasteiger partial charge in [0.1, 0.15) is 0 Å². The van der Waals surface area contributed by atoms with E-state index in [1.54, 1.807) is 0 Å². The molecule has 0 aromatic rings. The van der Waals surface area contributed by atoms with Crippen molar-refractivity contribution in [2.24, 2.45) is 0 Å². The largest absolute Gasteiger partial charge is 3.00 e. The molecule has 0 aliphatic heterocycles. The molecule has 0 saturated heterocycles. The van der Waals surface area contributed by atoms with E-state index in [4.69, 9.17) is 0 Å². The summed E-state index contributed by atoms with van der Waals surface area (Å²) in [6.07, 6.45) is 0. The Labute approximate surface area is 79.9 Å². The number of rotatable bonds is 0. The molecule has 0 aromatic heterocycles. The first-order valence-corrected chi connectivity index (χ1v) is 0. The molecular weight excluding hydrogens is 208 g/mol. The van der Waals surface area contributed by atoms with Crippen LogP contribution in [0.5, 0.6) is 0 Å². The Bertz CT molecular complexity index is 13.5. The van der Waals surface area contributed by atoms with Crippen molar-refractivity contribution in [2.45, 2.75) is 0 Å². The fourth-order valence-corrected chi connectivity index (χ4v) is 0. The zero-order chi connectivity index (χ0) is 0. The van der Waals surface area contributed by atoms with Crippen molar-refractivity contribution in [2.75, 3.05) is 0 Å². The molecular formula is FeLiMnNiO2. The first-order chi connectivity index (χ1) is 0. The van der Waals surface area contributed by atoms with Gasteiger partial charge in [0, 0.05) is 33.6 Å². The Balaban J connectivity index is 0. The summed E-state index contributed by atoms with van der Waals surface area (Å²) in [5.74, 6) is 0. The number of hydrogen-bond acceptors (Lipinski definition) is 0. The maximum absolute atomic E-state index is 0. The van der Waals surface area contributed by atoms with Crippen molar-refractivity contribution in [3.63, 3.8) is 0 Å². The van der Waals surface area contributed by atoms with Crippen molar-refractivity contribution in [1.29, 1.82) is 0 Å². The van der Waals surface area contributed by atoms with E-state index in [2.05, 4.69) is 0 Å². The quantitative estimate of drug-likeness (QED) is 0.376. The molecule has 0 aliphatic rings. The Morgan fingerprint density at radius 2 is 0.833 bits per heavy atom. The topological polar surface area (TPSA) is 57.0 Å². The van der Waals surface area contributed by atoms with Gasteiger partial charge in [0.25, 0.3) is 0 Å². The van der Waals surface area contributed by atoms with Crippen LogP contribution in [-0.4, -0.2) is 0 Å². The molecule has 0 bridgehead atoms. The predicted octanol–water partition coefficient (Wildman–Crippen LogP) is -3.24. The summed E-state index contributed by atoms with van der Waals surface area (Å²) in [4.78, 5) is 0. The molecule has 2 radical (unpaired) electrons. The van der Waals surface area contributed by atoms with E-state index >= 15 is 0 Å². The summed E-state index contributed by atoms with van der Waals surface area (Å²) in [5, 5.41) is 0. The molecule has 0 fully saturated rings. The minimum atomic E-state index is 0. The normalized spacial score (nSPS) is 0. The second-order valence-electron chi connectivity index (χ2n) is 0. The van der Waals surface area contributed by atoms with Crippen LogP contribution in [0.4, 0.5) is 0 Å². The van der Waals surface area contributed by atoms with E-state index in [0.717, 1.165) is 0 Å². The maximum atomic E-state index is 0. The van der Waals surface area contributed by atoms with E-state index in [1.165, 1.54) is 0 Å².